The second-order valence-electron chi connectivity index (χ2n) is 8.77. The van der Waals surface area contributed by atoms with E-state index >= 15 is 0 Å². The number of nitrogens with one attached hydrogen (secondary N) is 1. The zero-order valence-corrected chi connectivity index (χ0v) is 18.5. The maximum Gasteiger partial charge on any atom is 0.410 e. The van der Waals surface area contributed by atoms with Crippen LogP contribution in [0.2, 0.25) is 0 Å². The summed E-state index contributed by atoms with van der Waals surface area (Å²) in [5.41, 5.74) is 0.538. The first-order chi connectivity index (χ1) is 13.6. The number of likely N-dealkylation sites (tertiary alicyclic amines) is 1. The Morgan fingerprint density at radius 2 is 2.03 bits per heavy atom. The zero-order valence-electron chi connectivity index (χ0n) is 18.5. The van der Waals surface area contributed by atoms with E-state index in [0.717, 1.165) is 24.2 Å². The first-order valence-corrected chi connectivity index (χ1v) is 10.2. The number of methoxy groups -OCH3 is 1. The molecule has 0 radical (unpaired) electrons. The summed E-state index contributed by atoms with van der Waals surface area (Å²) in [5.74, 6) is 0.554. The van der Waals surface area contributed by atoms with Gasteiger partial charge in [-0.05, 0) is 65.4 Å². The van der Waals surface area contributed by atoms with Crippen LogP contribution in [0.3, 0.4) is 0 Å². The minimum atomic E-state index is -0.540. The molecule has 2 atom stereocenters. The van der Waals surface area contributed by atoms with Crippen LogP contribution in [0.1, 0.15) is 45.2 Å². The number of amides is 2. The van der Waals surface area contributed by atoms with Crippen molar-refractivity contribution in [3.8, 4) is 5.75 Å². The van der Waals surface area contributed by atoms with Gasteiger partial charge in [0.05, 0.1) is 19.1 Å². The number of rotatable bonds is 6. The van der Waals surface area contributed by atoms with E-state index in [1.165, 1.54) is 0 Å². The lowest BCUT2D eigenvalue weighted by Crippen LogP contribution is -2.47. The second-order valence-corrected chi connectivity index (χ2v) is 8.77. The normalized spacial score (nSPS) is 18.3. The summed E-state index contributed by atoms with van der Waals surface area (Å²) in [6.45, 7) is 7.05. The van der Waals surface area contributed by atoms with Crippen molar-refractivity contribution in [1.29, 1.82) is 0 Å². The number of hydrogen-bond acceptors (Lipinski definition) is 5. The Morgan fingerprint density at radius 3 is 2.66 bits per heavy atom. The topological polar surface area (TPSA) is 71.1 Å². The molecule has 1 heterocycles. The second kappa shape index (κ2) is 9.96. The molecule has 1 fully saturated rings. The Balaban J connectivity index is 1.96. The van der Waals surface area contributed by atoms with Crippen LogP contribution in [0.15, 0.2) is 24.3 Å². The van der Waals surface area contributed by atoms with Crippen molar-refractivity contribution >= 4 is 12.0 Å². The summed E-state index contributed by atoms with van der Waals surface area (Å²) in [5, 5.41) is 3.08. The fourth-order valence-corrected chi connectivity index (χ4v) is 3.47. The van der Waals surface area contributed by atoms with Crippen molar-refractivity contribution in [2.24, 2.45) is 5.92 Å². The summed E-state index contributed by atoms with van der Waals surface area (Å²) < 4.78 is 10.8. The van der Waals surface area contributed by atoms with Crippen molar-refractivity contribution in [3.63, 3.8) is 0 Å². The molecule has 0 aromatic heterocycles. The Hall–Kier alpha value is -2.28. The van der Waals surface area contributed by atoms with Crippen molar-refractivity contribution < 1.29 is 19.1 Å². The van der Waals surface area contributed by atoms with Crippen LogP contribution < -0.4 is 10.1 Å². The minimum absolute atomic E-state index is 0.0204. The molecule has 7 nitrogen and oxygen atoms in total. The molecule has 0 unspecified atom stereocenters. The molecule has 1 aliphatic rings. The number of carbonyl (C=O) groups excluding carboxylic acids is 2. The lowest BCUT2D eigenvalue weighted by Gasteiger charge is -2.34. The van der Waals surface area contributed by atoms with Gasteiger partial charge in [-0.1, -0.05) is 12.1 Å². The van der Waals surface area contributed by atoms with E-state index in [4.69, 9.17) is 9.47 Å². The van der Waals surface area contributed by atoms with E-state index in [2.05, 4.69) is 10.2 Å². The summed E-state index contributed by atoms with van der Waals surface area (Å²) in [7, 11) is 5.62. The Labute approximate surface area is 174 Å². The maximum atomic E-state index is 12.8. The quantitative estimate of drug-likeness (QED) is 0.788. The number of hydrogen-bond donors (Lipinski definition) is 1. The van der Waals surface area contributed by atoms with E-state index < -0.39 is 5.60 Å². The van der Waals surface area contributed by atoms with Crippen LogP contribution in [-0.2, 0) is 9.53 Å². The van der Waals surface area contributed by atoms with Gasteiger partial charge in [0.15, 0.2) is 0 Å². The molecule has 1 aromatic carbocycles. The maximum absolute atomic E-state index is 12.8. The van der Waals surface area contributed by atoms with E-state index in [0.29, 0.717) is 19.6 Å². The first kappa shape index (κ1) is 23.0. The smallest absolute Gasteiger partial charge is 0.410 e. The van der Waals surface area contributed by atoms with Crippen LogP contribution in [0, 0.1) is 5.92 Å². The molecular weight excluding hydrogens is 370 g/mol. The molecule has 1 aliphatic heterocycles. The molecule has 1 saturated heterocycles. The van der Waals surface area contributed by atoms with Gasteiger partial charge in [-0.25, -0.2) is 4.79 Å². The van der Waals surface area contributed by atoms with Crippen LogP contribution >= 0.6 is 0 Å². The fourth-order valence-electron chi connectivity index (χ4n) is 3.47. The molecule has 7 heteroatoms. The molecule has 1 N–H and O–H groups in total. The molecule has 0 bridgehead atoms. The number of ether oxygens (including phenoxy) is 2. The van der Waals surface area contributed by atoms with Gasteiger partial charge >= 0.3 is 6.09 Å². The van der Waals surface area contributed by atoms with E-state index in [1.54, 1.807) is 12.0 Å². The number of carbonyl (C=O) groups is 2. The van der Waals surface area contributed by atoms with Crippen molar-refractivity contribution in [2.45, 2.75) is 45.3 Å². The molecular formula is C22H35N3O4. The van der Waals surface area contributed by atoms with Gasteiger partial charge in [-0.3, -0.25) is 4.79 Å². The predicted octanol–water partition coefficient (Wildman–Crippen LogP) is 3.06. The minimum Gasteiger partial charge on any atom is -0.497 e. The average Bonchev–Trinajstić information content (AvgIpc) is 2.66. The zero-order chi connectivity index (χ0) is 21.6. The highest BCUT2D eigenvalue weighted by Gasteiger charge is 2.31. The van der Waals surface area contributed by atoms with Gasteiger partial charge in [0.25, 0.3) is 0 Å². The SMILES string of the molecule is COc1cccc([C@@H](CNC(=O)[C@@H]2CCCN(C(=O)OC(C)(C)C)C2)N(C)C)c1. The van der Waals surface area contributed by atoms with E-state index in [9.17, 15) is 9.59 Å². The van der Waals surface area contributed by atoms with Gasteiger partial charge in [0.1, 0.15) is 11.4 Å². The molecule has 0 saturated carbocycles. The average molecular weight is 406 g/mol. The first-order valence-electron chi connectivity index (χ1n) is 10.2. The monoisotopic (exact) mass is 405 g/mol. The third-order valence-electron chi connectivity index (χ3n) is 5.02. The number of benzene rings is 1. The van der Waals surface area contributed by atoms with E-state index in [-0.39, 0.29) is 24.0 Å². The molecule has 29 heavy (non-hydrogen) atoms. The van der Waals surface area contributed by atoms with Crippen molar-refractivity contribution in [3.05, 3.63) is 29.8 Å². The Morgan fingerprint density at radius 1 is 1.31 bits per heavy atom. The molecule has 2 amide bonds. The molecule has 1 aromatic rings. The largest absolute Gasteiger partial charge is 0.497 e. The molecule has 2 rings (SSSR count). The number of nitrogens with zero attached hydrogens (tertiary/aromatic N) is 2. The van der Waals surface area contributed by atoms with Crippen LogP contribution in [0.5, 0.6) is 5.75 Å². The third-order valence-corrected chi connectivity index (χ3v) is 5.02. The van der Waals surface area contributed by atoms with Gasteiger partial charge in [0.2, 0.25) is 5.91 Å². The third kappa shape index (κ3) is 6.92. The molecule has 0 spiro atoms. The number of piperidine rings is 1. The highest BCUT2D eigenvalue weighted by Crippen LogP contribution is 2.23. The van der Waals surface area contributed by atoms with Crippen molar-refractivity contribution in [1.82, 2.24) is 15.1 Å². The van der Waals surface area contributed by atoms with Gasteiger partial charge in [0, 0.05) is 19.6 Å². The highest BCUT2D eigenvalue weighted by atomic mass is 16.6. The van der Waals surface area contributed by atoms with Crippen LogP contribution in [0.25, 0.3) is 0 Å². The summed E-state index contributed by atoms with van der Waals surface area (Å²) in [4.78, 5) is 28.9. The van der Waals surface area contributed by atoms with Gasteiger partial charge in [-0.2, -0.15) is 0 Å². The van der Waals surface area contributed by atoms with Gasteiger partial charge in [-0.15, -0.1) is 0 Å². The highest BCUT2D eigenvalue weighted by molar-refractivity contribution is 5.80. The summed E-state index contributed by atoms with van der Waals surface area (Å²) in [6, 6.07) is 7.90. The van der Waals surface area contributed by atoms with Crippen LogP contribution in [-0.4, -0.2) is 68.2 Å². The lowest BCUT2D eigenvalue weighted by molar-refractivity contribution is -0.126. The fraction of sp³-hybridized carbons (Fsp3) is 0.636. The van der Waals surface area contributed by atoms with E-state index in [1.807, 2.05) is 59.1 Å². The predicted molar refractivity (Wildman–Crippen MR) is 113 cm³/mol. The summed E-state index contributed by atoms with van der Waals surface area (Å²) in [6.07, 6.45) is 1.22. The van der Waals surface area contributed by atoms with Crippen LogP contribution in [0.4, 0.5) is 4.79 Å². The number of likely N-dealkylation sites (N-methyl/N-ethyl adjacent to an activating group) is 1. The van der Waals surface area contributed by atoms with Gasteiger partial charge < -0.3 is 24.6 Å². The Kier molecular flexibility index (Phi) is 7.90. The molecule has 162 valence electrons. The molecule has 0 aliphatic carbocycles. The lowest BCUT2D eigenvalue weighted by atomic mass is 9.97. The standard InChI is InChI=1S/C22H35N3O4/c1-22(2,3)29-21(27)25-12-8-10-17(15-25)20(26)23-14-19(24(4)5)16-9-7-11-18(13-16)28-6/h7,9,11,13,17,19H,8,10,12,14-15H2,1-6H3,(H,23,26)/t17-,19-/m1/s1. The summed E-state index contributed by atoms with van der Waals surface area (Å²) >= 11 is 0. The van der Waals surface area contributed by atoms with Crippen molar-refractivity contribution in [2.75, 3.05) is 40.8 Å². The Bertz CT molecular complexity index is 700.